The molecule has 1 unspecified atom stereocenters. The van der Waals surface area contributed by atoms with Crippen LogP contribution in [0.15, 0.2) is 24.3 Å². The van der Waals surface area contributed by atoms with Crippen LogP contribution in [0.2, 0.25) is 0 Å². The number of hydrogen-bond acceptors (Lipinski definition) is 3. The van der Waals surface area contributed by atoms with Crippen LogP contribution in [-0.4, -0.2) is 48.7 Å². The summed E-state index contributed by atoms with van der Waals surface area (Å²) in [6.45, 7) is 3.72. The fourth-order valence-corrected chi connectivity index (χ4v) is 3.00. The van der Waals surface area contributed by atoms with Crippen LogP contribution in [0.4, 0.5) is 5.69 Å². The lowest BCUT2D eigenvalue weighted by Crippen LogP contribution is -2.42. The van der Waals surface area contributed by atoms with Crippen LogP contribution in [-0.2, 0) is 11.2 Å². The van der Waals surface area contributed by atoms with Gasteiger partial charge < -0.3 is 10.0 Å². The Hall–Kier alpha value is -1.39. The maximum Gasteiger partial charge on any atom is 0.241 e. The highest BCUT2D eigenvalue weighted by Crippen LogP contribution is 2.31. The van der Waals surface area contributed by atoms with Crippen molar-refractivity contribution in [1.82, 2.24) is 4.90 Å². The highest BCUT2D eigenvalue weighted by atomic mass is 16.2. The SMILES string of the molecule is CC1Cc2ccccc2N1C(=O)CN(C)CCCCCO. The third kappa shape index (κ3) is 4.05. The number of carbonyl (C=O) groups excluding carboxylic acids is 1. The van der Waals surface area contributed by atoms with Crippen molar-refractivity contribution >= 4 is 11.6 Å². The first-order valence-corrected chi connectivity index (χ1v) is 7.83. The van der Waals surface area contributed by atoms with Gasteiger partial charge in [0, 0.05) is 18.3 Å². The minimum Gasteiger partial charge on any atom is -0.396 e. The normalized spacial score (nSPS) is 17.3. The number of benzene rings is 1. The van der Waals surface area contributed by atoms with Crippen LogP contribution in [0.5, 0.6) is 0 Å². The van der Waals surface area contributed by atoms with E-state index in [1.54, 1.807) is 0 Å². The van der Waals surface area contributed by atoms with E-state index in [1.807, 2.05) is 30.1 Å². The Morgan fingerprint density at radius 1 is 1.33 bits per heavy atom. The first-order chi connectivity index (χ1) is 10.1. The lowest BCUT2D eigenvalue weighted by Gasteiger charge is -2.25. The van der Waals surface area contributed by atoms with Gasteiger partial charge in [-0.2, -0.15) is 0 Å². The molecule has 0 radical (unpaired) electrons. The molecule has 0 spiro atoms. The van der Waals surface area contributed by atoms with Gasteiger partial charge in [0.1, 0.15) is 0 Å². The van der Waals surface area contributed by atoms with Crippen LogP contribution < -0.4 is 4.90 Å². The molecular weight excluding hydrogens is 264 g/mol. The number of anilines is 1. The largest absolute Gasteiger partial charge is 0.396 e. The second kappa shape index (κ2) is 7.57. The second-order valence-electron chi connectivity index (χ2n) is 5.97. The Morgan fingerprint density at radius 3 is 2.86 bits per heavy atom. The molecule has 1 aliphatic heterocycles. The number of amides is 1. The topological polar surface area (TPSA) is 43.8 Å². The van der Waals surface area contributed by atoms with E-state index in [0.29, 0.717) is 6.54 Å². The fourth-order valence-electron chi connectivity index (χ4n) is 3.00. The number of rotatable bonds is 7. The van der Waals surface area contributed by atoms with Gasteiger partial charge in [0.15, 0.2) is 0 Å². The summed E-state index contributed by atoms with van der Waals surface area (Å²) in [7, 11) is 1.99. The summed E-state index contributed by atoms with van der Waals surface area (Å²) in [5.41, 5.74) is 2.34. The first-order valence-electron chi connectivity index (χ1n) is 7.83. The molecule has 0 fully saturated rings. The summed E-state index contributed by atoms with van der Waals surface area (Å²) < 4.78 is 0. The Morgan fingerprint density at radius 2 is 2.10 bits per heavy atom. The minimum absolute atomic E-state index is 0.178. The van der Waals surface area contributed by atoms with Crippen LogP contribution in [0.1, 0.15) is 31.7 Å². The van der Waals surface area contributed by atoms with E-state index in [1.165, 1.54) is 5.56 Å². The number of aliphatic hydroxyl groups excluding tert-OH is 1. The number of para-hydroxylation sites is 1. The van der Waals surface area contributed by atoms with Crippen LogP contribution in [0, 0.1) is 0 Å². The number of aliphatic hydroxyl groups is 1. The van der Waals surface area contributed by atoms with Crippen molar-refractivity contribution in [1.29, 1.82) is 0 Å². The quantitative estimate of drug-likeness (QED) is 0.782. The standard InChI is InChI=1S/C17H26N2O2/c1-14-12-15-8-4-5-9-16(15)19(14)17(21)13-18(2)10-6-3-7-11-20/h4-5,8-9,14,20H,3,6-7,10-13H2,1-2H3. The van der Waals surface area contributed by atoms with E-state index in [-0.39, 0.29) is 18.6 Å². The smallest absolute Gasteiger partial charge is 0.241 e. The van der Waals surface area contributed by atoms with Gasteiger partial charge in [0.2, 0.25) is 5.91 Å². The summed E-state index contributed by atoms with van der Waals surface area (Å²) in [6.07, 6.45) is 3.83. The Balaban J connectivity index is 1.88. The van der Waals surface area contributed by atoms with Crippen molar-refractivity contribution in [2.24, 2.45) is 0 Å². The van der Waals surface area contributed by atoms with E-state index in [2.05, 4.69) is 17.9 Å². The van der Waals surface area contributed by atoms with E-state index in [0.717, 1.165) is 37.9 Å². The van der Waals surface area contributed by atoms with Crippen molar-refractivity contribution in [3.05, 3.63) is 29.8 Å². The predicted molar refractivity (Wildman–Crippen MR) is 85.5 cm³/mol. The maximum atomic E-state index is 12.6. The lowest BCUT2D eigenvalue weighted by atomic mass is 10.1. The van der Waals surface area contributed by atoms with Crippen molar-refractivity contribution < 1.29 is 9.90 Å². The summed E-state index contributed by atoms with van der Waals surface area (Å²) in [5.74, 6) is 0.178. The van der Waals surface area contributed by atoms with Crippen LogP contribution >= 0.6 is 0 Å². The molecule has 1 aliphatic rings. The number of nitrogens with zero attached hydrogens (tertiary/aromatic N) is 2. The molecule has 4 heteroatoms. The minimum atomic E-state index is 0.178. The Kier molecular flexibility index (Phi) is 5.76. The average molecular weight is 290 g/mol. The molecule has 1 aromatic carbocycles. The second-order valence-corrected chi connectivity index (χ2v) is 5.97. The maximum absolute atomic E-state index is 12.6. The van der Waals surface area contributed by atoms with Crippen LogP contribution in [0.25, 0.3) is 0 Å². The van der Waals surface area contributed by atoms with E-state index < -0.39 is 0 Å². The number of fused-ring (bicyclic) bond motifs is 1. The molecule has 0 aromatic heterocycles. The molecule has 116 valence electrons. The van der Waals surface area contributed by atoms with Gasteiger partial charge in [-0.1, -0.05) is 18.2 Å². The van der Waals surface area contributed by atoms with Gasteiger partial charge >= 0.3 is 0 Å². The molecule has 2 rings (SSSR count). The molecular formula is C17H26N2O2. The van der Waals surface area contributed by atoms with Gasteiger partial charge in [-0.25, -0.2) is 0 Å². The zero-order chi connectivity index (χ0) is 15.2. The van der Waals surface area contributed by atoms with Gasteiger partial charge in [-0.15, -0.1) is 0 Å². The molecule has 1 heterocycles. The number of hydrogen-bond donors (Lipinski definition) is 1. The molecule has 0 bridgehead atoms. The molecule has 4 nitrogen and oxygen atoms in total. The zero-order valence-electron chi connectivity index (χ0n) is 13.1. The van der Waals surface area contributed by atoms with Gasteiger partial charge in [0.05, 0.1) is 6.54 Å². The number of unbranched alkanes of at least 4 members (excludes halogenated alkanes) is 2. The third-order valence-electron chi connectivity index (χ3n) is 4.08. The van der Waals surface area contributed by atoms with Crippen molar-refractivity contribution in [2.45, 2.75) is 38.6 Å². The molecule has 1 amide bonds. The summed E-state index contributed by atoms with van der Waals surface area (Å²) in [4.78, 5) is 16.6. The summed E-state index contributed by atoms with van der Waals surface area (Å²) in [5, 5.41) is 8.77. The molecule has 0 saturated heterocycles. The van der Waals surface area contributed by atoms with Crippen molar-refractivity contribution in [2.75, 3.05) is 31.6 Å². The number of likely N-dealkylation sites (N-methyl/N-ethyl adjacent to an activating group) is 1. The number of carbonyl (C=O) groups is 1. The van der Waals surface area contributed by atoms with E-state index >= 15 is 0 Å². The van der Waals surface area contributed by atoms with E-state index in [9.17, 15) is 4.79 Å². The van der Waals surface area contributed by atoms with Crippen molar-refractivity contribution in [3.63, 3.8) is 0 Å². The van der Waals surface area contributed by atoms with Crippen molar-refractivity contribution in [3.8, 4) is 0 Å². The molecule has 0 aliphatic carbocycles. The first kappa shape index (κ1) is 16.0. The zero-order valence-corrected chi connectivity index (χ0v) is 13.1. The van der Waals surface area contributed by atoms with E-state index in [4.69, 9.17) is 5.11 Å². The van der Waals surface area contributed by atoms with Gasteiger partial charge in [0.25, 0.3) is 0 Å². The van der Waals surface area contributed by atoms with Crippen LogP contribution in [0.3, 0.4) is 0 Å². The predicted octanol–water partition coefficient (Wildman–Crippen LogP) is 2.06. The fraction of sp³-hybridized carbons (Fsp3) is 0.588. The molecule has 21 heavy (non-hydrogen) atoms. The molecule has 1 aromatic rings. The third-order valence-corrected chi connectivity index (χ3v) is 4.08. The lowest BCUT2D eigenvalue weighted by molar-refractivity contribution is -0.119. The Labute approximate surface area is 127 Å². The highest BCUT2D eigenvalue weighted by molar-refractivity contribution is 5.97. The molecule has 0 saturated carbocycles. The van der Waals surface area contributed by atoms with Gasteiger partial charge in [-0.3, -0.25) is 9.69 Å². The summed E-state index contributed by atoms with van der Waals surface area (Å²) >= 11 is 0. The molecule has 1 atom stereocenters. The summed E-state index contributed by atoms with van der Waals surface area (Å²) in [6, 6.07) is 8.43. The van der Waals surface area contributed by atoms with Gasteiger partial charge in [-0.05, 0) is 57.8 Å². The molecule has 1 N–H and O–H groups in total. The monoisotopic (exact) mass is 290 g/mol. The highest BCUT2D eigenvalue weighted by Gasteiger charge is 2.30. The average Bonchev–Trinajstić information content (AvgIpc) is 2.79. The Bertz CT molecular complexity index is 476.